The second-order valence-corrected chi connectivity index (χ2v) is 7.23. The second kappa shape index (κ2) is 7.15. The van der Waals surface area contributed by atoms with Gasteiger partial charge in [0.15, 0.2) is 0 Å². The molecule has 0 aliphatic carbocycles. The van der Waals surface area contributed by atoms with Crippen molar-refractivity contribution in [1.82, 2.24) is 14.6 Å². The van der Waals surface area contributed by atoms with Gasteiger partial charge in [0, 0.05) is 37.4 Å². The van der Waals surface area contributed by atoms with Gasteiger partial charge >= 0.3 is 0 Å². The lowest BCUT2D eigenvalue weighted by Crippen LogP contribution is -2.48. The van der Waals surface area contributed by atoms with Crippen LogP contribution in [0.1, 0.15) is 25.5 Å². The Hall–Kier alpha value is -0.980. The van der Waals surface area contributed by atoms with Crippen LogP contribution >= 0.6 is 0 Å². The van der Waals surface area contributed by atoms with E-state index < -0.39 is 10.0 Å². The first-order valence-corrected chi connectivity index (χ1v) is 8.84. The maximum atomic E-state index is 12.4. The van der Waals surface area contributed by atoms with Crippen molar-refractivity contribution in [3.8, 4) is 0 Å². The van der Waals surface area contributed by atoms with Crippen LogP contribution in [0.15, 0.2) is 24.4 Å². The third kappa shape index (κ3) is 4.26. The van der Waals surface area contributed by atoms with Crippen molar-refractivity contribution in [3.05, 3.63) is 30.1 Å². The lowest BCUT2D eigenvalue weighted by molar-refractivity contribution is 0.286. The molecule has 20 heavy (non-hydrogen) atoms. The maximum absolute atomic E-state index is 12.4. The minimum atomic E-state index is -3.18. The predicted octanol–water partition coefficient (Wildman–Crippen LogP) is 1.03. The predicted molar refractivity (Wildman–Crippen MR) is 80.0 cm³/mol. The molecule has 1 N–H and O–H groups in total. The van der Waals surface area contributed by atoms with Crippen molar-refractivity contribution in [2.24, 2.45) is 0 Å². The minimum Gasteiger partial charge on any atom is -0.313 e. The summed E-state index contributed by atoms with van der Waals surface area (Å²) in [7, 11) is -3.18. The molecule has 1 aromatic rings. The number of hydrogen-bond donors (Lipinski definition) is 1. The third-order valence-electron chi connectivity index (χ3n) is 3.61. The van der Waals surface area contributed by atoms with Crippen molar-refractivity contribution >= 4 is 10.0 Å². The van der Waals surface area contributed by atoms with Gasteiger partial charge < -0.3 is 5.32 Å². The molecule has 1 atom stereocenters. The van der Waals surface area contributed by atoms with Gasteiger partial charge in [-0.25, -0.2) is 12.7 Å². The molecule has 0 saturated carbocycles. The summed E-state index contributed by atoms with van der Waals surface area (Å²) in [6.45, 7) is 4.17. The van der Waals surface area contributed by atoms with Crippen molar-refractivity contribution in [2.75, 3.05) is 25.4 Å². The van der Waals surface area contributed by atoms with Crippen LogP contribution in [-0.2, 0) is 16.4 Å². The topological polar surface area (TPSA) is 62.3 Å². The second-order valence-electron chi connectivity index (χ2n) is 5.14. The van der Waals surface area contributed by atoms with Crippen LogP contribution < -0.4 is 5.32 Å². The normalized spacial score (nSPS) is 20.9. The standard InChI is InChI=1S/C14H23N3O2S/c1-2-15-14-7-5-10-17(12-14)20(18,19)11-8-13-6-3-4-9-16-13/h3-4,6,9,14-15H,2,5,7-8,10-12H2,1H3. The van der Waals surface area contributed by atoms with E-state index in [2.05, 4.69) is 17.2 Å². The molecule has 1 fully saturated rings. The van der Waals surface area contributed by atoms with Crippen LogP contribution in [0.4, 0.5) is 0 Å². The number of aryl methyl sites for hydroxylation is 1. The number of hydrogen-bond acceptors (Lipinski definition) is 4. The average Bonchev–Trinajstić information content (AvgIpc) is 2.47. The molecule has 112 valence electrons. The van der Waals surface area contributed by atoms with Gasteiger partial charge in [0.25, 0.3) is 0 Å². The van der Waals surface area contributed by atoms with Gasteiger partial charge in [0.2, 0.25) is 10.0 Å². The van der Waals surface area contributed by atoms with Crippen molar-refractivity contribution in [2.45, 2.75) is 32.2 Å². The Balaban J connectivity index is 1.92. The summed E-state index contributed by atoms with van der Waals surface area (Å²) in [5.74, 6) is 0.142. The SMILES string of the molecule is CCNC1CCCN(S(=O)(=O)CCc2ccccn2)C1. The number of aromatic nitrogens is 1. The van der Waals surface area contributed by atoms with Gasteiger partial charge in [-0.15, -0.1) is 0 Å². The van der Waals surface area contributed by atoms with Gasteiger partial charge in [-0.05, 0) is 31.5 Å². The molecular formula is C14H23N3O2S. The minimum absolute atomic E-state index is 0.142. The Morgan fingerprint density at radius 2 is 2.30 bits per heavy atom. The lowest BCUT2D eigenvalue weighted by Gasteiger charge is -2.32. The number of nitrogens with zero attached hydrogens (tertiary/aromatic N) is 2. The summed E-state index contributed by atoms with van der Waals surface area (Å²) in [6.07, 6.45) is 4.16. The van der Waals surface area contributed by atoms with E-state index in [1.807, 2.05) is 18.2 Å². The summed E-state index contributed by atoms with van der Waals surface area (Å²) in [5, 5.41) is 3.34. The highest BCUT2D eigenvalue weighted by Gasteiger charge is 2.28. The first-order chi connectivity index (χ1) is 9.62. The molecule has 1 saturated heterocycles. The number of likely N-dealkylation sites (N-methyl/N-ethyl adjacent to an activating group) is 1. The molecular weight excluding hydrogens is 274 g/mol. The molecule has 1 unspecified atom stereocenters. The molecule has 2 heterocycles. The largest absolute Gasteiger partial charge is 0.313 e. The number of sulfonamides is 1. The van der Waals surface area contributed by atoms with Crippen molar-refractivity contribution in [3.63, 3.8) is 0 Å². The molecule has 0 radical (unpaired) electrons. The summed E-state index contributed by atoms with van der Waals surface area (Å²) in [6, 6.07) is 5.88. The lowest BCUT2D eigenvalue weighted by atomic mass is 10.1. The molecule has 0 amide bonds. The number of piperidine rings is 1. The Bertz CT molecular complexity index is 502. The zero-order valence-electron chi connectivity index (χ0n) is 12.0. The Labute approximate surface area is 121 Å². The molecule has 5 nitrogen and oxygen atoms in total. The summed E-state index contributed by atoms with van der Waals surface area (Å²) in [4.78, 5) is 4.18. The fourth-order valence-electron chi connectivity index (χ4n) is 2.56. The van der Waals surface area contributed by atoms with E-state index in [1.54, 1.807) is 10.5 Å². The van der Waals surface area contributed by atoms with E-state index in [4.69, 9.17) is 0 Å². The van der Waals surface area contributed by atoms with Crippen LogP contribution in [-0.4, -0.2) is 49.1 Å². The molecule has 1 aliphatic rings. The van der Waals surface area contributed by atoms with Gasteiger partial charge in [-0.2, -0.15) is 0 Å². The Kier molecular flexibility index (Phi) is 5.51. The number of rotatable bonds is 6. The van der Waals surface area contributed by atoms with Crippen LogP contribution in [0.5, 0.6) is 0 Å². The zero-order chi connectivity index (χ0) is 14.4. The first kappa shape index (κ1) is 15.4. The first-order valence-electron chi connectivity index (χ1n) is 7.23. The molecule has 0 aromatic carbocycles. The van der Waals surface area contributed by atoms with E-state index in [0.29, 0.717) is 25.6 Å². The highest BCUT2D eigenvalue weighted by molar-refractivity contribution is 7.89. The van der Waals surface area contributed by atoms with Gasteiger partial charge in [0.05, 0.1) is 5.75 Å². The fourth-order valence-corrected chi connectivity index (χ4v) is 4.10. The smallest absolute Gasteiger partial charge is 0.214 e. The van der Waals surface area contributed by atoms with Crippen LogP contribution in [0.3, 0.4) is 0 Å². The highest BCUT2D eigenvalue weighted by atomic mass is 32.2. The average molecular weight is 297 g/mol. The zero-order valence-corrected chi connectivity index (χ0v) is 12.8. The van der Waals surface area contributed by atoms with Crippen molar-refractivity contribution in [1.29, 1.82) is 0 Å². The number of nitrogens with one attached hydrogen (secondary N) is 1. The maximum Gasteiger partial charge on any atom is 0.214 e. The van der Waals surface area contributed by atoms with Gasteiger partial charge in [-0.3, -0.25) is 4.98 Å². The van der Waals surface area contributed by atoms with Crippen LogP contribution in [0.25, 0.3) is 0 Å². The Morgan fingerprint density at radius 3 is 3.00 bits per heavy atom. The van der Waals surface area contributed by atoms with E-state index in [9.17, 15) is 8.42 Å². The fraction of sp³-hybridized carbons (Fsp3) is 0.643. The summed E-state index contributed by atoms with van der Waals surface area (Å²) in [5.41, 5.74) is 0.830. The van der Waals surface area contributed by atoms with E-state index in [-0.39, 0.29) is 5.75 Å². The quantitative estimate of drug-likeness (QED) is 0.852. The monoisotopic (exact) mass is 297 g/mol. The molecule has 0 spiro atoms. The molecule has 1 aromatic heterocycles. The van der Waals surface area contributed by atoms with E-state index in [1.165, 1.54) is 0 Å². The molecule has 6 heteroatoms. The van der Waals surface area contributed by atoms with Crippen LogP contribution in [0.2, 0.25) is 0 Å². The third-order valence-corrected chi connectivity index (χ3v) is 5.45. The highest BCUT2D eigenvalue weighted by Crippen LogP contribution is 2.15. The molecule has 1 aliphatic heterocycles. The Morgan fingerprint density at radius 1 is 1.45 bits per heavy atom. The van der Waals surface area contributed by atoms with E-state index >= 15 is 0 Å². The van der Waals surface area contributed by atoms with Gasteiger partial charge in [0.1, 0.15) is 0 Å². The molecule has 0 bridgehead atoms. The number of pyridine rings is 1. The van der Waals surface area contributed by atoms with Crippen LogP contribution in [0, 0.1) is 0 Å². The summed E-state index contributed by atoms with van der Waals surface area (Å²) < 4.78 is 26.4. The summed E-state index contributed by atoms with van der Waals surface area (Å²) >= 11 is 0. The molecule has 2 rings (SSSR count). The van der Waals surface area contributed by atoms with E-state index in [0.717, 1.165) is 25.1 Å². The van der Waals surface area contributed by atoms with Gasteiger partial charge in [-0.1, -0.05) is 13.0 Å². The van der Waals surface area contributed by atoms with Crippen molar-refractivity contribution < 1.29 is 8.42 Å².